The maximum absolute atomic E-state index is 12.3. The molecule has 3 rings (SSSR count). The average Bonchev–Trinajstić information content (AvgIpc) is 2.90. The summed E-state index contributed by atoms with van der Waals surface area (Å²) in [6, 6.07) is 12.5. The van der Waals surface area contributed by atoms with Crippen LogP contribution in [0.15, 0.2) is 42.5 Å². The fourth-order valence-electron chi connectivity index (χ4n) is 3.20. The third-order valence-electron chi connectivity index (χ3n) is 4.39. The molecular formula is C18H18ClN3O3. The molecule has 0 spiro atoms. The van der Waals surface area contributed by atoms with Crippen molar-refractivity contribution in [1.29, 1.82) is 0 Å². The molecule has 0 aliphatic carbocycles. The molecule has 0 fully saturated rings. The van der Waals surface area contributed by atoms with Gasteiger partial charge in [0, 0.05) is 35.9 Å². The minimum Gasteiger partial charge on any atom is -0.367 e. The smallest absolute Gasteiger partial charge is 0.282 e. The first-order chi connectivity index (χ1) is 12.0. The Balaban J connectivity index is 1.66. The second-order valence-corrected chi connectivity index (χ2v) is 6.49. The summed E-state index contributed by atoms with van der Waals surface area (Å²) in [6.45, 7) is 3.17. The Morgan fingerprint density at radius 2 is 2.12 bits per heavy atom. The molecule has 7 heteroatoms. The van der Waals surface area contributed by atoms with Crippen molar-refractivity contribution in [2.45, 2.75) is 19.4 Å². The van der Waals surface area contributed by atoms with E-state index in [1.165, 1.54) is 29.4 Å². The van der Waals surface area contributed by atoms with E-state index in [0.717, 1.165) is 6.42 Å². The summed E-state index contributed by atoms with van der Waals surface area (Å²) in [7, 11) is 0. The Labute approximate surface area is 150 Å². The van der Waals surface area contributed by atoms with Gasteiger partial charge in [-0.3, -0.25) is 14.9 Å². The van der Waals surface area contributed by atoms with Crippen LogP contribution in [-0.4, -0.2) is 30.0 Å². The maximum Gasteiger partial charge on any atom is 0.282 e. The van der Waals surface area contributed by atoms with Gasteiger partial charge in [0.1, 0.15) is 5.56 Å². The summed E-state index contributed by atoms with van der Waals surface area (Å²) >= 11 is 5.87. The first kappa shape index (κ1) is 17.2. The Morgan fingerprint density at radius 1 is 1.36 bits per heavy atom. The van der Waals surface area contributed by atoms with Gasteiger partial charge in [-0.1, -0.05) is 29.8 Å². The molecule has 0 bridgehead atoms. The van der Waals surface area contributed by atoms with E-state index in [2.05, 4.69) is 29.3 Å². The van der Waals surface area contributed by atoms with Gasteiger partial charge in [-0.2, -0.15) is 0 Å². The number of hydrogen-bond acceptors (Lipinski definition) is 4. The van der Waals surface area contributed by atoms with Crippen LogP contribution in [0.1, 0.15) is 22.8 Å². The van der Waals surface area contributed by atoms with Gasteiger partial charge in [-0.25, -0.2) is 0 Å². The van der Waals surface area contributed by atoms with Crippen LogP contribution in [0, 0.1) is 10.1 Å². The molecule has 2 aromatic carbocycles. The number of nitro groups is 1. The molecule has 6 nitrogen and oxygen atoms in total. The van der Waals surface area contributed by atoms with Crippen molar-refractivity contribution >= 4 is 28.9 Å². The SMILES string of the molecule is CC1Cc2ccccc2N1CCNC(=O)c1cc(Cl)ccc1[N+](=O)[O-]. The molecule has 2 aromatic rings. The molecule has 0 saturated carbocycles. The highest BCUT2D eigenvalue weighted by Crippen LogP contribution is 2.31. The number of carbonyl (C=O) groups excluding carboxylic acids is 1. The molecule has 1 aliphatic rings. The Hall–Kier alpha value is -2.60. The van der Waals surface area contributed by atoms with E-state index >= 15 is 0 Å². The largest absolute Gasteiger partial charge is 0.367 e. The number of nitrogens with zero attached hydrogens (tertiary/aromatic N) is 2. The van der Waals surface area contributed by atoms with E-state index in [0.29, 0.717) is 19.1 Å². The average molecular weight is 360 g/mol. The summed E-state index contributed by atoms with van der Waals surface area (Å²) in [4.78, 5) is 25.1. The molecule has 1 atom stereocenters. The molecule has 130 valence electrons. The molecule has 0 radical (unpaired) electrons. The summed E-state index contributed by atoms with van der Waals surface area (Å²) in [5.74, 6) is -0.491. The van der Waals surface area contributed by atoms with Crippen molar-refractivity contribution in [3.05, 3.63) is 68.7 Å². The third kappa shape index (κ3) is 3.58. The van der Waals surface area contributed by atoms with E-state index < -0.39 is 10.8 Å². The van der Waals surface area contributed by atoms with E-state index in [1.54, 1.807) is 0 Å². The molecule has 0 aromatic heterocycles. The van der Waals surface area contributed by atoms with Crippen LogP contribution in [0.2, 0.25) is 5.02 Å². The predicted octanol–water partition coefficient (Wildman–Crippen LogP) is 3.43. The number of halogens is 1. The third-order valence-corrected chi connectivity index (χ3v) is 4.62. The molecule has 0 saturated heterocycles. The van der Waals surface area contributed by atoms with Gasteiger partial charge in [-0.15, -0.1) is 0 Å². The van der Waals surface area contributed by atoms with E-state index in [1.807, 2.05) is 12.1 Å². The second-order valence-electron chi connectivity index (χ2n) is 6.05. The fraction of sp³-hybridized carbons (Fsp3) is 0.278. The molecule has 1 amide bonds. The van der Waals surface area contributed by atoms with E-state index in [-0.39, 0.29) is 16.3 Å². The second kappa shape index (κ2) is 7.11. The normalized spacial score (nSPS) is 15.8. The number of rotatable bonds is 5. The van der Waals surface area contributed by atoms with Crippen molar-refractivity contribution < 1.29 is 9.72 Å². The molecule has 1 aliphatic heterocycles. The van der Waals surface area contributed by atoms with Gasteiger partial charge >= 0.3 is 0 Å². The van der Waals surface area contributed by atoms with Crippen LogP contribution >= 0.6 is 11.6 Å². The zero-order chi connectivity index (χ0) is 18.0. The number of nitro benzene ring substituents is 1. The minimum atomic E-state index is -0.579. The summed E-state index contributed by atoms with van der Waals surface area (Å²) < 4.78 is 0. The van der Waals surface area contributed by atoms with Gasteiger partial charge in [0.05, 0.1) is 4.92 Å². The highest BCUT2D eigenvalue weighted by Gasteiger charge is 2.25. The number of benzene rings is 2. The lowest BCUT2D eigenvalue weighted by molar-refractivity contribution is -0.385. The molecule has 25 heavy (non-hydrogen) atoms. The maximum atomic E-state index is 12.3. The number of amides is 1. The van der Waals surface area contributed by atoms with Gasteiger partial charge in [0.25, 0.3) is 11.6 Å². The molecule has 1 N–H and O–H groups in total. The number of anilines is 1. The lowest BCUT2D eigenvalue weighted by Gasteiger charge is -2.25. The van der Waals surface area contributed by atoms with Crippen molar-refractivity contribution in [2.75, 3.05) is 18.0 Å². The van der Waals surface area contributed by atoms with Gasteiger partial charge in [0.2, 0.25) is 0 Å². The first-order valence-corrected chi connectivity index (χ1v) is 8.42. The first-order valence-electron chi connectivity index (χ1n) is 8.04. The summed E-state index contributed by atoms with van der Waals surface area (Å²) in [5, 5.41) is 14.1. The van der Waals surface area contributed by atoms with Crippen LogP contribution in [-0.2, 0) is 6.42 Å². The molecule has 1 heterocycles. The number of fused-ring (bicyclic) bond motifs is 1. The number of carbonyl (C=O) groups is 1. The zero-order valence-corrected chi connectivity index (χ0v) is 14.5. The predicted molar refractivity (Wildman–Crippen MR) is 97.4 cm³/mol. The number of hydrogen-bond donors (Lipinski definition) is 1. The molecular weight excluding hydrogens is 342 g/mol. The Kier molecular flexibility index (Phi) is 4.90. The van der Waals surface area contributed by atoms with E-state index in [9.17, 15) is 14.9 Å². The minimum absolute atomic E-state index is 0.0210. The van der Waals surface area contributed by atoms with Crippen molar-refractivity contribution in [3.8, 4) is 0 Å². The lowest BCUT2D eigenvalue weighted by atomic mass is 10.1. The quantitative estimate of drug-likeness (QED) is 0.655. The zero-order valence-electron chi connectivity index (χ0n) is 13.7. The standard InChI is InChI=1S/C18H18ClN3O3/c1-12-10-13-4-2-3-5-16(13)21(12)9-8-20-18(23)15-11-14(19)6-7-17(15)22(24)25/h2-7,11-12H,8-10H2,1H3,(H,20,23). The molecule has 1 unspecified atom stereocenters. The van der Waals surface area contributed by atoms with Crippen LogP contribution < -0.4 is 10.2 Å². The van der Waals surface area contributed by atoms with Gasteiger partial charge in [-0.05, 0) is 37.1 Å². The highest BCUT2D eigenvalue weighted by atomic mass is 35.5. The van der Waals surface area contributed by atoms with Crippen molar-refractivity contribution in [1.82, 2.24) is 5.32 Å². The topological polar surface area (TPSA) is 75.5 Å². The lowest BCUT2D eigenvalue weighted by Crippen LogP contribution is -2.38. The Morgan fingerprint density at radius 3 is 2.88 bits per heavy atom. The monoisotopic (exact) mass is 359 g/mol. The number of para-hydroxylation sites is 1. The van der Waals surface area contributed by atoms with Crippen molar-refractivity contribution in [3.63, 3.8) is 0 Å². The van der Waals surface area contributed by atoms with Gasteiger partial charge < -0.3 is 10.2 Å². The Bertz CT molecular complexity index is 825. The fourth-order valence-corrected chi connectivity index (χ4v) is 3.38. The van der Waals surface area contributed by atoms with Crippen LogP contribution in [0.5, 0.6) is 0 Å². The van der Waals surface area contributed by atoms with Crippen LogP contribution in [0.3, 0.4) is 0 Å². The summed E-state index contributed by atoms with van der Waals surface area (Å²) in [5.41, 5.74) is 2.21. The van der Waals surface area contributed by atoms with Crippen LogP contribution in [0.4, 0.5) is 11.4 Å². The van der Waals surface area contributed by atoms with Crippen LogP contribution in [0.25, 0.3) is 0 Å². The van der Waals surface area contributed by atoms with Crippen molar-refractivity contribution in [2.24, 2.45) is 0 Å². The highest BCUT2D eigenvalue weighted by molar-refractivity contribution is 6.31. The van der Waals surface area contributed by atoms with Gasteiger partial charge in [0.15, 0.2) is 0 Å². The number of nitrogens with one attached hydrogen (secondary N) is 1. The van der Waals surface area contributed by atoms with E-state index in [4.69, 9.17) is 11.6 Å². The summed E-state index contributed by atoms with van der Waals surface area (Å²) in [6.07, 6.45) is 0.976.